The average molecular weight is 407 g/mol. The van der Waals surface area contributed by atoms with Crippen LogP contribution in [0.4, 0.5) is 0 Å². The second-order valence-corrected chi connectivity index (χ2v) is 6.26. The summed E-state index contributed by atoms with van der Waals surface area (Å²) in [5.41, 5.74) is 9.53. The second kappa shape index (κ2) is 10.0. The highest BCUT2D eigenvalue weighted by atomic mass is 35.5. The topological polar surface area (TPSA) is 90.2 Å². The molecule has 4 aromatic rings. The lowest BCUT2D eigenvalue weighted by atomic mass is 10.2. The van der Waals surface area contributed by atoms with Crippen molar-refractivity contribution < 1.29 is 5.21 Å². The number of nitrogens with two attached hydrogens (primary N) is 1. The van der Waals surface area contributed by atoms with Gasteiger partial charge < -0.3 is 20.9 Å². The first-order valence-electron chi connectivity index (χ1n) is 7.52. The molecule has 5 N–H and O–H groups in total. The van der Waals surface area contributed by atoms with Crippen LogP contribution < -0.4 is 5.73 Å². The van der Waals surface area contributed by atoms with Crippen LogP contribution in [0.5, 0.6) is 0 Å². The molecule has 2 aromatic carbocycles. The molecule has 0 saturated carbocycles. The Bertz CT molecular complexity index is 1040. The maximum Gasteiger partial charge on any atom is 0.0755 e. The Morgan fingerprint density at radius 3 is 2.07 bits per heavy atom. The molecule has 0 aliphatic heterocycles. The molecule has 0 aliphatic carbocycles. The van der Waals surface area contributed by atoms with Crippen LogP contribution in [0.15, 0.2) is 53.9 Å². The number of hydrogen-bond acceptors (Lipinski definition) is 3. The van der Waals surface area contributed by atoms with E-state index in [2.05, 4.69) is 15.1 Å². The van der Waals surface area contributed by atoms with Gasteiger partial charge in [0.15, 0.2) is 0 Å². The molecule has 2 heterocycles. The minimum absolute atomic E-state index is 0. The molecule has 0 amide bonds. The minimum Gasteiger partial charge on any atom is -0.411 e. The van der Waals surface area contributed by atoms with Crippen LogP contribution in [0, 0.1) is 0 Å². The Hall–Kier alpha value is -2.47. The lowest BCUT2D eigenvalue weighted by Gasteiger charge is -1.93. The maximum absolute atomic E-state index is 8.39. The summed E-state index contributed by atoms with van der Waals surface area (Å²) >= 11 is 11.7. The summed E-state index contributed by atoms with van der Waals surface area (Å²) in [6.45, 7) is 0.542. The van der Waals surface area contributed by atoms with Crippen LogP contribution in [0.1, 0.15) is 26.0 Å². The highest BCUT2D eigenvalue weighted by Crippen LogP contribution is 2.22. The summed E-state index contributed by atoms with van der Waals surface area (Å²) in [5.74, 6) is 0. The van der Waals surface area contributed by atoms with Gasteiger partial charge in [-0.1, -0.05) is 43.2 Å². The second-order valence-electron chi connectivity index (χ2n) is 5.39. The molecule has 27 heavy (non-hydrogen) atoms. The Kier molecular flexibility index (Phi) is 8.37. The fourth-order valence-electron chi connectivity index (χ4n) is 2.60. The Morgan fingerprint density at radius 2 is 1.48 bits per heavy atom. The van der Waals surface area contributed by atoms with E-state index in [1.165, 1.54) is 6.21 Å². The van der Waals surface area contributed by atoms with Crippen LogP contribution >= 0.6 is 23.2 Å². The van der Waals surface area contributed by atoms with E-state index in [-0.39, 0.29) is 14.9 Å². The lowest BCUT2D eigenvalue weighted by molar-refractivity contribution is 0.322. The summed E-state index contributed by atoms with van der Waals surface area (Å²) in [7, 11) is 0. The smallest absolute Gasteiger partial charge is 0.0755 e. The highest BCUT2D eigenvalue weighted by molar-refractivity contribution is 6.31. The molecule has 0 bridgehead atoms. The van der Waals surface area contributed by atoms with E-state index >= 15 is 0 Å². The first-order chi connectivity index (χ1) is 12.1. The van der Waals surface area contributed by atoms with E-state index in [0.717, 1.165) is 38.0 Å². The van der Waals surface area contributed by atoms with Crippen molar-refractivity contribution in [2.75, 3.05) is 0 Å². The molecule has 4 rings (SSSR count). The summed E-state index contributed by atoms with van der Waals surface area (Å²) in [6, 6.07) is 11.3. The van der Waals surface area contributed by atoms with Gasteiger partial charge in [0.2, 0.25) is 0 Å². The summed E-state index contributed by atoms with van der Waals surface area (Å²) in [5, 5.41) is 14.8. The van der Waals surface area contributed by atoms with Gasteiger partial charge in [-0.15, -0.1) is 0 Å². The molecule has 5 nitrogen and oxygen atoms in total. The molecule has 0 atom stereocenters. The molecule has 7 heteroatoms. The summed E-state index contributed by atoms with van der Waals surface area (Å²) < 4.78 is 0. The summed E-state index contributed by atoms with van der Waals surface area (Å²) in [4.78, 5) is 6.17. The number of oxime groups is 1. The Morgan fingerprint density at radius 1 is 0.926 bits per heavy atom. The number of nitrogens with one attached hydrogen (secondary N) is 2. The maximum atomic E-state index is 8.39. The first kappa shape index (κ1) is 22.6. The van der Waals surface area contributed by atoms with Crippen molar-refractivity contribution in [3.8, 4) is 0 Å². The molecule has 0 saturated heterocycles. The Labute approximate surface area is 168 Å². The number of benzene rings is 2. The number of aromatic amines is 2. The van der Waals surface area contributed by atoms with Gasteiger partial charge in [-0.2, -0.15) is 0 Å². The lowest BCUT2D eigenvalue weighted by Crippen LogP contribution is -1.93. The number of H-pyrrole nitrogens is 2. The van der Waals surface area contributed by atoms with E-state index in [9.17, 15) is 0 Å². The Balaban J connectivity index is 0.000000252. The van der Waals surface area contributed by atoms with Gasteiger partial charge in [0.05, 0.1) is 6.21 Å². The van der Waals surface area contributed by atoms with Crippen molar-refractivity contribution in [3.63, 3.8) is 0 Å². The standard InChI is InChI=1S/C9H7ClN2O.C9H9ClN2.2CH4/c10-7-1-2-9-8(3-7)6(4-11-9)5-12-13;10-7-1-2-9-8(3-7)6(4-11)5-12-9;;/h1-5,11,13H;1-3,5,12H,4,11H2;2*1H4/b12-5+;;;. The van der Waals surface area contributed by atoms with Crippen LogP contribution in [-0.2, 0) is 6.54 Å². The molecule has 144 valence electrons. The molecule has 0 aliphatic rings. The van der Waals surface area contributed by atoms with E-state index in [1.807, 2.05) is 36.5 Å². The van der Waals surface area contributed by atoms with E-state index in [0.29, 0.717) is 11.6 Å². The third kappa shape index (κ3) is 5.04. The van der Waals surface area contributed by atoms with E-state index in [4.69, 9.17) is 34.1 Å². The van der Waals surface area contributed by atoms with Gasteiger partial charge >= 0.3 is 0 Å². The first-order valence-corrected chi connectivity index (χ1v) is 8.27. The fourth-order valence-corrected chi connectivity index (χ4v) is 2.95. The molecule has 0 unspecified atom stereocenters. The summed E-state index contributed by atoms with van der Waals surface area (Å²) in [6.07, 6.45) is 5.05. The normalized spacial score (nSPS) is 10.3. The average Bonchev–Trinajstić information content (AvgIpc) is 3.19. The van der Waals surface area contributed by atoms with E-state index < -0.39 is 0 Å². The number of aromatic nitrogens is 2. The van der Waals surface area contributed by atoms with Crippen molar-refractivity contribution in [3.05, 3.63) is 70.0 Å². The van der Waals surface area contributed by atoms with Crippen LogP contribution in [-0.4, -0.2) is 21.4 Å². The predicted molar refractivity (Wildman–Crippen MR) is 117 cm³/mol. The molecule has 2 aromatic heterocycles. The van der Waals surface area contributed by atoms with Crippen molar-refractivity contribution in [1.82, 2.24) is 9.97 Å². The third-order valence-electron chi connectivity index (χ3n) is 3.82. The molecular weight excluding hydrogens is 383 g/mol. The van der Waals surface area contributed by atoms with Gasteiger partial charge in [0.25, 0.3) is 0 Å². The van der Waals surface area contributed by atoms with Crippen molar-refractivity contribution in [1.29, 1.82) is 0 Å². The van der Waals surface area contributed by atoms with Crippen molar-refractivity contribution in [2.45, 2.75) is 21.4 Å². The number of halogens is 2. The molecule has 0 radical (unpaired) electrons. The highest BCUT2D eigenvalue weighted by Gasteiger charge is 2.02. The van der Waals surface area contributed by atoms with Crippen molar-refractivity contribution >= 4 is 51.2 Å². The van der Waals surface area contributed by atoms with Crippen molar-refractivity contribution in [2.24, 2.45) is 10.9 Å². The molecule has 0 fully saturated rings. The van der Waals surface area contributed by atoms with E-state index in [1.54, 1.807) is 12.3 Å². The largest absolute Gasteiger partial charge is 0.411 e. The molecule has 0 spiro atoms. The SMILES string of the molecule is C.C.NCc1c[nH]c2ccc(Cl)cc12.O/N=C/c1c[nH]c2ccc(Cl)cc12. The predicted octanol–water partition coefficient (Wildman–Crippen LogP) is 6.18. The zero-order chi connectivity index (χ0) is 17.8. The van der Waals surface area contributed by atoms with Crippen LogP contribution in [0.3, 0.4) is 0 Å². The third-order valence-corrected chi connectivity index (χ3v) is 4.29. The zero-order valence-corrected chi connectivity index (χ0v) is 14.6. The van der Waals surface area contributed by atoms with Gasteiger partial charge in [-0.25, -0.2) is 0 Å². The van der Waals surface area contributed by atoms with Gasteiger partial charge in [-0.05, 0) is 42.0 Å². The van der Waals surface area contributed by atoms with Gasteiger partial charge in [-0.3, -0.25) is 0 Å². The van der Waals surface area contributed by atoms with Crippen LogP contribution in [0.2, 0.25) is 10.0 Å². The quantitative estimate of drug-likeness (QED) is 0.182. The number of fused-ring (bicyclic) bond motifs is 2. The monoisotopic (exact) mass is 406 g/mol. The zero-order valence-electron chi connectivity index (χ0n) is 13.1. The number of hydrogen-bond donors (Lipinski definition) is 4. The minimum atomic E-state index is 0. The van der Waals surface area contributed by atoms with Gasteiger partial charge in [0.1, 0.15) is 0 Å². The fraction of sp³-hybridized carbons (Fsp3) is 0.150. The van der Waals surface area contributed by atoms with Gasteiger partial charge in [0, 0.05) is 56.4 Å². The molecular formula is C20H24Cl2N4O. The number of rotatable bonds is 2. The van der Waals surface area contributed by atoms with Crippen LogP contribution in [0.25, 0.3) is 21.8 Å². The number of nitrogens with zero attached hydrogens (tertiary/aromatic N) is 1.